The zero-order valence-corrected chi connectivity index (χ0v) is 15.0. The minimum Gasteiger partial charge on any atom is -0.339 e. The second-order valence-corrected chi connectivity index (χ2v) is 8.03. The first-order chi connectivity index (χ1) is 12.7. The third kappa shape index (κ3) is 4.39. The van der Waals surface area contributed by atoms with Crippen LogP contribution in [-0.4, -0.2) is 74.3 Å². The lowest BCUT2D eigenvalue weighted by Gasteiger charge is -2.34. The summed E-state index contributed by atoms with van der Waals surface area (Å²) >= 11 is 0. The van der Waals surface area contributed by atoms with Gasteiger partial charge in [-0.3, -0.25) is 9.79 Å². The molecule has 27 heavy (non-hydrogen) atoms. The van der Waals surface area contributed by atoms with E-state index in [0.717, 1.165) is 24.3 Å². The maximum Gasteiger partial charge on any atom is 0.416 e. The van der Waals surface area contributed by atoms with E-state index in [-0.39, 0.29) is 43.5 Å². The largest absolute Gasteiger partial charge is 0.416 e. The molecule has 0 radical (unpaired) electrons. The molecule has 0 aromatic heterocycles. The van der Waals surface area contributed by atoms with Crippen molar-refractivity contribution >= 4 is 22.3 Å². The van der Waals surface area contributed by atoms with Gasteiger partial charge in [0.2, 0.25) is 15.9 Å². The highest BCUT2D eigenvalue weighted by Crippen LogP contribution is 2.30. The number of hydrogen-bond acceptors (Lipinski definition) is 6. The van der Waals surface area contributed by atoms with Crippen LogP contribution in [-0.2, 0) is 21.0 Å². The molecule has 0 spiro atoms. The van der Waals surface area contributed by atoms with E-state index >= 15 is 0 Å². The number of rotatable bonds is 4. The van der Waals surface area contributed by atoms with E-state index in [4.69, 9.17) is 0 Å². The van der Waals surface area contributed by atoms with Crippen LogP contribution < -0.4 is 5.43 Å². The van der Waals surface area contributed by atoms with Gasteiger partial charge in [0.1, 0.15) is 6.67 Å². The summed E-state index contributed by atoms with van der Waals surface area (Å²) in [7, 11) is -3.91. The van der Waals surface area contributed by atoms with Gasteiger partial charge in [-0.2, -0.15) is 22.5 Å². The first kappa shape index (κ1) is 19.6. The molecule has 1 aromatic carbocycles. The molecule has 0 atom stereocenters. The Balaban J connectivity index is 1.60. The van der Waals surface area contributed by atoms with Crippen molar-refractivity contribution in [2.75, 3.05) is 39.4 Å². The van der Waals surface area contributed by atoms with Crippen molar-refractivity contribution in [3.8, 4) is 0 Å². The Morgan fingerprint density at radius 1 is 1.11 bits per heavy atom. The first-order valence-electron chi connectivity index (χ1n) is 8.12. The van der Waals surface area contributed by atoms with E-state index in [1.807, 2.05) is 0 Å². The number of nitrogens with one attached hydrogen (secondary N) is 1. The molecule has 148 valence electrons. The molecule has 1 saturated heterocycles. The van der Waals surface area contributed by atoms with E-state index in [0.29, 0.717) is 6.67 Å². The van der Waals surface area contributed by atoms with Crippen LogP contribution in [0.25, 0.3) is 0 Å². The number of carbonyl (C=O) groups is 1. The van der Waals surface area contributed by atoms with E-state index in [1.165, 1.54) is 10.6 Å². The summed E-state index contributed by atoms with van der Waals surface area (Å²) in [6.45, 7) is 1.08. The molecule has 0 unspecified atom stereocenters. The summed E-state index contributed by atoms with van der Waals surface area (Å²) < 4.78 is 64.3. The third-order valence-electron chi connectivity index (χ3n) is 4.32. The lowest BCUT2D eigenvalue weighted by molar-refractivity contribution is -0.137. The maximum atomic E-state index is 12.6. The third-order valence-corrected chi connectivity index (χ3v) is 6.23. The number of nitrogens with zero attached hydrogens (tertiary/aromatic N) is 4. The highest BCUT2D eigenvalue weighted by Gasteiger charge is 2.33. The second-order valence-electron chi connectivity index (χ2n) is 6.09. The summed E-state index contributed by atoms with van der Waals surface area (Å²) in [6.07, 6.45) is -3.04. The van der Waals surface area contributed by atoms with Gasteiger partial charge in [0, 0.05) is 26.2 Å². The Labute approximate surface area is 154 Å². The zero-order valence-electron chi connectivity index (χ0n) is 14.2. The average Bonchev–Trinajstić information content (AvgIpc) is 3.14. The summed E-state index contributed by atoms with van der Waals surface area (Å²) in [6, 6.07) is 3.40. The number of benzene rings is 1. The first-order valence-corrected chi connectivity index (χ1v) is 9.56. The number of piperazine rings is 1. The van der Waals surface area contributed by atoms with Crippen LogP contribution >= 0.6 is 0 Å². The maximum absolute atomic E-state index is 12.6. The van der Waals surface area contributed by atoms with Crippen LogP contribution in [0.15, 0.2) is 34.2 Å². The van der Waals surface area contributed by atoms with Crippen molar-refractivity contribution < 1.29 is 26.4 Å². The Bertz CT molecular complexity index is 810. The number of alkyl halides is 3. The lowest BCUT2D eigenvalue weighted by Crippen LogP contribution is -2.53. The van der Waals surface area contributed by atoms with E-state index < -0.39 is 21.8 Å². The molecule has 1 amide bonds. The average molecular weight is 405 g/mol. The van der Waals surface area contributed by atoms with Crippen LogP contribution in [0.4, 0.5) is 13.2 Å². The summed E-state index contributed by atoms with van der Waals surface area (Å²) in [5.41, 5.74) is 1.90. The molecule has 1 fully saturated rings. The smallest absolute Gasteiger partial charge is 0.339 e. The van der Waals surface area contributed by atoms with Crippen LogP contribution in [0.5, 0.6) is 0 Å². The SMILES string of the molecule is O=C(CN1CN=CN1)N1CCN(S(=O)(=O)c2ccc(C(F)(F)F)cc2)CC1. The molecular weight excluding hydrogens is 387 g/mol. The number of aliphatic imine (C=N–C) groups is 1. The van der Waals surface area contributed by atoms with E-state index in [1.54, 1.807) is 9.91 Å². The lowest BCUT2D eigenvalue weighted by atomic mass is 10.2. The predicted molar refractivity (Wildman–Crippen MR) is 90.0 cm³/mol. The van der Waals surface area contributed by atoms with E-state index in [2.05, 4.69) is 10.4 Å². The topological polar surface area (TPSA) is 85.3 Å². The monoisotopic (exact) mass is 405 g/mol. The van der Waals surface area contributed by atoms with Gasteiger partial charge < -0.3 is 10.3 Å². The van der Waals surface area contributed by atoms with Gasteiger partial charge in [-0.15, -0.1) is 0 Å². The molecule has 8 nitrogen and oxygen atoms in total. The van der Waals surface area contributed by atoms with Gasteiger partial charge in [-0.25, -0.2) is 8.42 Å². The van der Waals surface area contributed by atoms with E-state index in [9.17, 15) is 26.4 Å². The Kier molecular flexibility index (Phi) is 5.40. The molecule has 1 aromatic rings. The second kappa shape index (κ2) is 7.44. The molecule has 2 aliphatic rings. The van der Waals surface area contributed by atoms with Crippen molar-refractivity contribution in [2.45, 2.75) is 11.1 Å². The number of hydrazine groups is 1. The van der Waals surface area contributed by atoms with Crippen molar-refractivity contribution in [1.29, 1.82) is 0 Å². The van der Waals surface area contributed by atoms with Crippen LogP contribution in [0.2, 0.25) is 0 Å². The number of hydrogen-bond donors (Lipinski definition) is 1. The van der Waals surface area contributed by atoms with Crippen LogP contribution in [0.1, 0.15) is 5.56 Å². The Morgan fingerprint density at radius 3 is 2.26 bits per heavy atom. The predicted octanol–water partition coefficient (Wildman–Crippen LogP) is 0.344. The fourth-order valence-electron chi connectivity index (χ4n) is 2.80. The van der Waals surface area contributed by atoms with Gasteiger partial charge >= 0.3 is 6.18 Å². The minimum atomic E-state index is -4.52. The summed E-state index contributed by atoms with van der Waals surface area (Å²) in [5, 5.41) is 1.62. The Morgan fingerprint density at radius 2 is 1.74 bits per heavy atom. The van der Waals surface area contributed by atoms with Crippen LogP contribution in [0, 0.1) is 0 Å². The number of amides is 1. The quantitative estimate of drug-likeness (QED) is 0.781. The van der Waals surface area contributed by atoms with Crippen molar-refractivity contribution in [3.05, 3.63) is 29.8 Å². The number of carbonyl (C=O) groups excluding carboxylic acids is 1. The standard InChI is InChI=1S/C15H18F3N5O3S/c16-15(17,18)12-1-3-13(4-2-12)27(25,26)23-7-5-21(6-8-23)14(24)9-22-11-19-10-20-22/h1-4,10H,5-9,11H2,(H,19,20). The molecule has 2 heterocycles. The van der Waals surface area contributed by atoms with Gasteiger partial charge in [0.15, 0.2) is 0 Å². The minimum absolute atomic E-state index is 0.0824. The molecule has 0 saturated carbocycles. The normalized spacial score (nSPS) is 19.3. The molecule has 2 aliphatic heterocycles. The molecule has 0 bridgehead atoms. The molecule has 1 N–H and O–H groups in total. The number of sulfonamides is 1. The van der Waals surface area contributed by atoms with Gasteiger partial charge in [0.05, 0.1) is 23.3 Å². The van der Waals surface area contributed by atoms with Gasteiger partial charge in [-0.05, 0) is 24.3 Å². The summed E-state index contributed by atoms with van der Waals surface area (Å²) in [5.74, 6) is -0.153. The Hall–Kier alpha value is -2.18. The van der Waals surface area contributed by atoms with Crippen molar-refractivity contribution in [2.24, 2.45) is 4.99 Å². The highest BCUT2D eigenvalue weighted by atomic mass is 32.2. The molecular formula is C15H18F3N5O3S. The highest BCUT2D eigenvalue weighted by molar-refractivity contribution is 7.89. The van der Waals surface area contributed by atoms with Crippen molar-refractivity contribution in [1.82, 2.24) is 19.6 Å². The van der Waals surface area contributed by atoms with Crippen molar-refractivity contribution in [3.63, 3.8) is 0 Å². The number of halogens is 3. The zero-order chi connectivity index (χ0) is 19.7. The fourth-order valence-corrected chi connectivity index (χ4v) is 4.23. The molecule has 12 heteroatoms. The molecule has 0 aliphatic carbocycles. The van der Waals surface area contributed by atoms with Gasteiger partial charge in [-0.1, -0.05) is 0 Å². The summed E-state index contributed by atoms with van der Waals surface area (Å²) in [4.78, 5) is 17.5. The molecule has 3 rings (SSSR count). The van der Waals surface area contributed by atoms with Gasteiger partial charge in [0.25, 0.3) is 0 Å². The fraction of sp³-hybridized carbons (Fsp3) is 0.467. The van der Waals surface area contributed by atoms with Crippen LogP contribution in [0.3, 0.4) is 0 Å².